The summed E-state index contributed by atoms with van der Waals surface area (Å²) in [5.41, 5.74) is 3.80. The van der Waals surface area contributed by atoms with E-state index in [9.17, 15) is 4.39 Å². The number of imidazole rings is 1. The van der Waals surface area contributed by atoms with Crippen molar-refractivity contribution in [3.05, 3.63) is 47.4 Å². The zero-order valence-corrected chi connectivity index (χ0v) is 10.2. The normalized spacial score (nSPS) is 11.1. The first-order valence-electron chi connectivity index (χ1n) is 5.73. The molecule has 2 aromatic heterocycles. The maximum Gasteiger partial charge on any atom is 0.178 e. The van der Waals surface area contributed by atoms with Crippen LogP contribution in [0.25, 0.3) is 22.6 Å². The summed E-state index contributed by atoms with van der Waals surface area (Å²) in [6.45, 7) is 3.83. The lowest BCUT2D eigenvalue weighted by Gasteiger charge is -2.00. The van der Waals surface area contributed by atoms with Gasteiger partial charge in [0.1, 0.15) is 11.6 Å². The fraction of sp³-hybridized carbons (Fsp3) is 0.143. The number of nitrogens with one attached hydrogen (secondary N) is 1. The lowest BCUT2D eigenvalue weighted by atomic mass is 10.1. The van der Waals surface area contributed by atoms with Gasteiger partial charge in [-0.25, -0.2) is 14.4 Å². The van der Waals surface area contributed by atoms with Crippen molar-refractivity contribution >= 4 is 11.2 Å². The van der Waals surface area contributed by atoms with Gasteiger partial charge in [0.05, 0.1) is 11.1 Å². The number of aromatic nitrogens is 3. The van der Waals surface area contributed by atoms with Crippen molar-refractivity contribution < 1.29 is 4.39 Å². The predicted octanol–water partition coefficient (Wildman–Crippen LogP) is 3.38. The second kappa shape index (κ2) is 3.91. The Kier molecular flexibility index (Phi) is 2.37. The number of H-pyrrole nitrogens is 1. The molecule has 0 amide bonds. The number of hydrogen-bond acceptors (Lipinski definition) is 2. The Balaban J connectivity index is 2.22. The van der Waals surface area contributed by atoms with Gasteiger partial charge in [-0.1, -0.05) is 11.6 Å². The molecular formula is C14H12FN3. The number of aryl methyl sites for hydroxylation is 2. The Hall–Kier alpha value is -2.23. The monoisotopic (exact) mass is 241 g/mol. The average molecular weight is 241 g/mol. The smallest absolute Gasteiger partial charge is 0.178 e. The highest BCUT2D eigenvalue weighted by Crippen LogP contribution is 2.23. The molecular weight excluding hydrogens is 229 g/mol. The highest BCUT2D eigenvalue weighted by Gasteiger charge is 2.10. The molecule has 3 rings (SSSR count). The van der Waals surface area contributed by atoms with Crippen molar-refractivity contribution in [2.75, 3.05) is 0 Å². The minimum Gasteiger partial charge on any atom is -0.336 e. The molecule has 2 heterocycles. The highest BCUT2D eigenvalue weighted by molar-refractivity contribution is 5.76. The number of pyridine rings is 1. The van der Waals surface area contributed by atoms with E-state index in [1.165, 1.54) is 6.07 Å². The maximum atomic E-state index is 13.8. The lowest BCUT2D eigenvalue weighted by molar-refractivity contribution is 0.630. The summed E-state index contributed by atoms with van der Waals surface area (Å²) in [6, 6.07) is 8.78. The van der Waals surface area contributed by atoms with Gasteiger partial charge in [0.25, 0.3) is 0 Å². The summed E-state index contributed by atoms with van der Waals surface area (Å²) >= 11 is 0. The van der Waals surface area contributed by atoms with Gasteiger partial charge < -0.3 is 4.98 Å². The molecule has 0 saturated heterocycles. The van der Waals surface area contributed by atoms with Gasteiger partial charge in [0, 0.05) is 5.69 Å². The number of hydrogen-bond donors (Lipinski definition) is 1. The molecule has 0 spiro atoms. The van der Waals surface area contributed by atoms with E-state index in [1.807, 2.05) is 26.0 Å². The van der Waals surface area contributed by atoms with Gasteiger partial charge in [0.15, 0.2) is 5.65 Å². The molecule has 0 bridgehead atoms. The Morgan fingerprint density at radius 1 is 1.06 bits per heavy atom. The van der Waals surface area contributed by atoms with Crippen molar-refractivity contribution in [3.63, 3.8) is 0 Å². The van der Waals surface area contributed by atoms with E-state index >= 15 is 0 Å². The Morgan fingerprint density at radius 3 is 2.72 bits per heavy atom. The number of aromatic amines is 1. The van der Waals surface area contributed by atoms with Crippen molar-refractivity contribution in [1.29, 1.82) is 0 Å². The maximum absolute atomic E-state index is 13.8. The predicted molar refractivity (Wildman–Crippen MR) is 68.8 cm³/mol. The quantitative estimate of drug-likeness (QED) is 0.709. The molecule has 0 aliphatic heterocycles. The lowest BCUT2D eigenvalue weighted by Crippen LogP contribution is -1.87. The minimum absolute atomic E-state index is 0.281. The van der Waals surface area contributed by atoms with E-state index in [4.69, 9.17) is 0 Å². The van der Waals surface area contributed by atoms with Gasteiger partial charge in [-0.15, -0.1) is 0 Å². The van der Waals surface area contributed by atoms with E-state index in [0.29, 0.717) is 17.0 Å². The van der Waals surface area contributed by atoms with Crippen molar-refractivity contribution in [2.45, 2.75) is 13.8 Å². The van der Waals surface area contributed by atoms with Crippen LogP contribution < -0.4 is 0 Å². The second-order valence-electron chi connectivity index (χ2n) is 4.39. The fourth-order valence-corrected chi connectivity index (χ4v) is 1.94. The van der Waals surface area contributed by atoms with Crippen LogP contribution in [-0.2, 0) is 0 Å². The number of rotatable bonds is 1. The second-order valence-corrected chi connectivity index (χ2v) is 4.39. The van der Waals surface area contributed by atoms with Gasteiger partial charge in [-0.3, -0.25) is 0 Å². The molecule has 1 N–H and O–H groups in total. The van der Waals surface area contributed by atoms with Crippen LogP contribution in [0.5, 0.6) is 0 Å². The summed E-state index contributed by atoms with van der Waals surface area (Å²) in [4.78, 5) is 11.7. The molecule has 0 unspecified atom stereocenters. The highest BCUT2D eigenvalue weighted by atomic mass is 19.1. The van der Waals surface area contributed by atoms with Gasteiger partial charge in [0.2, 0.25) is 0 Å². The molecule has 3 aromatic rings. The molecule has 0 aliphatic rings. The van der Waals surface area contributed by atoms with Crippen LogP contribution in [0.2, 0.25) is 0 Å². The van der Waals surface area contributed by atoms with Gasteiger partial charge in [-0.05, 0) is 38.1 Å². The first kappa shape index (κ1) is 10.9. The topological polar surface area (TPSA) is 41.6 Å². The van der Waals surface area contributed by atoms with Crippen molar-refractivity contribution in [2.24, 2.45) is 0 Å². The van der Waals surface area contributed by atoms with Gasteiger partial charge >= 0.3 is 0 Å². The number of halogens is 1. The fourth-order valence-electron chi connectivity index (χ4n) is 1.94. The van der Waals surface area contributed by atoms with E-state index in [1.54, 1.807) is 12.1 Å². The average Bonchev–Trinajstić information content (AvgIpc) is 2.74. The number of benzene rings is 1. The molecule has 1 aromatic carbocycles. The van der Waals surface area contributed by atoms with Crippen LogP contribution in [0.1, 0.15) is 11.3 Å². The zero-order chi connectivity index (χ0) is 12.7. The van der Waals surface area contributed by atoms with E-state index in [0.717, 1.165) is 16.8 Å². The molecule has 0 saturated carbocycles. The summed E-state index contributed by atoms with van der Waals surface area (Å²) in [5.74, 6) is 0.237. The first-order chi connectivity index (χ1) is 8.63. The standard InChI is InChI=1S/C14H12FN3/c1-8-3-5-11(15)10(7-8)13-17-12-6-4-9(2)16-14(12)18-13/h3-7H,1-2H3,(H,16,17,18). The zero-order valence-electron chi connectivity index (χ0n) is 10.2. The molecule has 0 atom stereocenters. The van der Waals surface area contributed by atoms with Crippen LogP contribution in [0.4, 0.5) is 4.39 Å². The van der Waals surface area contributed by atoms with Crippen molar-refractivity contribution in [1.82, 2.24) is 15.0 Å². The molecule has 4 heteroatoms. The molecule has 3 nitrogen and oxygen atoms in total. The molecule has 0 aliphatic carbocycles. The van der Waals surface area contributed by atoms with Crippen LogP contribution in [-0.4, -0.2) is 15.0 Å². The van der Waals surface area contributed by atoms with Crippen molar-refractivity contribution in [3.8, 4) is 11.4 Å². The van der Waals surface area contributed by atoms with Gasteiger partial charge in [-0.2, -0.15) is 0 Å². The summed E-state index contributed by atoms with van der Waals surface area (Å²) < 4.78 is 13.8. The third-order valence-electron chi connectivity index (χ3n) is 2.86. The van der Waals surface area contributed by atoms with Crippen LogP contribution in [0.3, 0.4) is 0 Å². The van der Waals surface area contributed by atoms with E-state index in [2.05, 4.69) is 15.0 Å². The molecule has 18 heavy (non-hydrogen) atoms. The van der Waals surface area contributed by atoms with Crippen LogP contribution in [0.15, 0.2) is 30.3 Å². The molecule has 0 fully saturated rings. The molecule has 0 radical (unpaired) electrons. The summed E-state index contributed by atoms with van der Waals surface area (Å²) in [6.07, 6.45) is 0. The third kappa shape index (κ3) is 1.76. The number of fused-ring (bicyclic) bond motifs is 1. The van der Waals surface area contributed by atoms with E-state index in [-0.39, 0.29) is 5.82 Å². The Labute approximate surface area is 104 Å². The summed E-state index contributed by atoms with van der Waals surface area (Å²) in [5, 5.41) is 0. The van der Waals surface area contributed by atoms with Crippen LogP contribution >= 0.6 is 0 Å². The first-order valence-corrected chi connectivity index (χ1v) is 5.73. The van der Waals surface area contributed by atoms with Crippen LogP contribution in [0, 0.1) is 19.7 Å². The SMILES string of the molecule is Cc1ccc(F)c(-c2nc3nc(C)ccc3[nH]2)c1. The number of nitrogens with zero attached hydrogens (tertiary/aromatic N) is 2. The largest absolute Gasteiger partial charge is 0.336 e. The summed E-state index contributed by atoms with van der Waals surface area (Å²) in [7, 11) is 0. The third-order valence-corrected chi connectivity index (χ3v) is 2.86. The Bertz CT molecular complexity index is 731. The molecule has 90 valence electrons. The van der Waals surface area contributed by atoms with E-state index < -0.39 is 0 Å². The minimum atomic E-state index is -0.281. The Morgan fingerprint density at radius 2 is 1.89 bits per heavy atom.